The topological polar surface area (TPSA) is 0 Å². The van der Waals surface area contributed by atoms with E-state index in [0.29, 0.717) is 0 Å². The lowest BCUT2D eigenvalue weighted by atomic mass is 9.77. The fourth-order valence-corrected chi connectivity index (χ4v) is 2.81. The number of hydrogen-bond acceptors (Lipinski definition) is 0. The van der Waals surface area contributed by atoms with Crippen LogP contribution < -0.4 is 0 Å². The largest absolute Gasteiger partial charge is 0.0651 e. The highest BCUT2D eigenvalue weighted by molar-refractivity contribution is 5.32. The second-order valence-electron chi connectivity index (χ2n) is 4.82. The molecule has 0 heteroatoms. The summed E-state index contributed by atoms with van der Waals surface area (Å²) in [6.45, 7) is 6.45. The Kier molecular flexibility index (Phi) is 3.45. The quantitative estimate of drug-likeness (QED) is 0.658. The highest BCUT2D eigenvalue weighted by Crippen LogP contribution is 2.37. The average molecular weight is 201 g/mol. The van der Waals surface area contributed by atoms with E-state index in [1.54, 1.807) is 0 Å². The Morgan fingerprint density at radius 1 is 1.13 bits per heavy atom. The highest BCUT2D eigenvalue weighted by atomic mass is 14.3. The fraction of sp³-hybridized carbons (Fsp3) is 0.533. The predicted molar refractivity (Wildman–Crippen MR) is 65.9 cm³/mol. The molecule has 2 rings (SSSR count). The second-order valence-corrected chi connectivity index (χ2v) is 4.82. The van der Waals surface area contributed by atoms with Gasteiger partial charge in [-0.1, -0.05) is 37.6 Å². The molecule has 1 aliphatic rings. The van der Waals surface area contributed by atoms with Gasteiger partial charge in [0.2, 0.25) is 0 Å². The van der Waals surface area contributed by atoms with Crippen molar-refractivity contribution in [2.45, 2.75) is 44.9 Å². The molecule has 1 aromatic carbocycles. The fourth-order valence-electron chi connectivity index (χ4n) is 2.81. The second kappa shape index (κ2) is 4.83. The third kappa shape index (κ3) is 2.42. The maximum Gasteiger partial charge on any atom is -0.0159 e. The number of rotatable bonds is 2. The van der Waals surface area contributed by atoms with Gasteiger partial charge in [-0.15, -0.1) is 0 Å². The first-order chi connectivity index (χ1) is 7.31. The molecule has 0 amide bonds. The Hall–Kier alpha value is -0.780. The van der Waals surface area contributed by atoms with E-state index >= 15 is 0 Å². The van der Waals surface area contributed by atoms with Crippen LogP contribution in [0.25, 0.3) is 0 Å². The van der Waals surface area contributed by atoms with Gasteiger partial charge in [-0.3, -0.25) is 0 Å². The van der Waals surface area contributed by atoms with E-state index in [2.05, 4.69) is 38.1 Å². The zero-order valence-electron chi connectivity index (χ0n) is 9.71. The van der Waals surface area contributed by atoms with Crippen LogP contribution in [0.15, 0.2) is 24.3 Å². The monoisotopic (exact) mass is 201 g/mol. The van der Waals surface area contributed by atoms with E-state index in [-0.39, 0.29) is 0 Å². The summed E-state index contributed by atoms with van der Waals surface area (Å²) >= 11 is 0. The third-order valence-electron chi connectivity index (χ3n) is 3.92. The minimum Gasteiger partial charge on any atom is -0.0651 e. The number of hydrogen-bond donors (Lipinski definition) is 0. The van der Waals surface area contributed by atoms with Crippen molar-refractivity contribution in [3.8, 4) is 0 Å². The van der Waals surface area contributed by atoms with Crippen molar-refractivity contribution in [2.24, 2.45) is 5.92 Å². The molecule has 0 atom stereocenters. The molecular formula is C15H21. The molecule has 0 nitrogen and oxygen atoms in total. The molecule has 0 aromatic heterocycles. The first-order valence-corrected chi connectivity index (χ1v) is 6.22. The summed E-state index contributed by atoms with van der Waals surface area (Å²) in [5.41, 5.74) is 2.73. The summed E-state index contributed by atoms with van der Waals surface area (Å²) in [6.07, 6.45) is 6.92. The molecule has 1 saturated carbocycles. The van der Waals surface area contributed by atoms with Gasteiger partial charge in [-0.2, -0.15) is 0 Å². The van der Waals surface area contributed by atoms with E-state index in [1.165, 1.54) is 43.2 Å². The first-order valence-electron chi connectivity index (χ1n) is 6.22. The summed E-state index contributed by atoms with van der Waals surface area (Å²) in [4.78, 5) is 0. The molecule has 0 N–H and O–H groups in total. The Balaban J connectivity index is 2.04. The van der Waals surface area contributed by atoms with Gasteiger partial charge in [0.25, 0.3) is 0 Å². The maximum atomic E-state index is 4.13. The zero-order valence-corrected chi connectivity index (χ0v) is 9.71. The van der Waals surface area contributed by atoms with Crippen LogP contribution in [-0.2, 0) is 0 Å². The van der Waals surface area contributed by atoms with Crippen molar-refractivity contribution in [1.29, 1.82) is 0 Å². The van der Waals surface area contributed by atoms with Crippen LogP contribution in [0.5, 0.6) is 0 Å². The van der Waals surface area contributed by atoms with E-state index in [1.807, 2.05) is 0 Å². The standard InChI is InChI=1S/C15H21/c1-3-13-8-10-14(11-9-13)15-7-5-4-6-12(15)2/h4-7,13-14H,2-3,8-11H2,1H3. The van der Waals surface area contributed by atoms with E-state index in [4.69, 9.17) is 0 Å². The van der Waals surface area contributed by atoms with Gasteiger partial charge >= 0.3 is 0 Å². The van der Waals surface area contributed by atoms with E-state index < -0.39 is 0 Å². The Bertz CT molecular complexity index is 306. The maximum absolute atomic E-state index is 4.13. The predicted octanol–water partition coefficient (Wildman–Crippen LogP) is 4.55. The van der Waals surface area contributed by atoms with Crippen LogP contribution in [0.2, 0.25) is 0 Å². The van der Waals surface area contributed by atoms with Crippen molar-refractivity contribution in [3.63, 3.8) is 0 Å². The Morgan fingerprint density at radius 3 is 2.40 bits per heavy atom. The van der Waals surface area contributed by atoms with Crippen molar-refractivity contribution in [1.82, 2.24) is 0 Å². The lowest BCUT2D eigenvalue weighted by Crippen LogP contribution is -2.13. The summed E-state index contributed by atoms with van der Waals surface area (Å²) in [6, 6.07) is 8.64. The van der Waals surface area contributed by atoms with E-state index in [0.717, 1.165) is 11.8 Å². The molecule has 15 heavy (non-hydrogen) atoms. The molecule has 0 bridgehead atoms. The van der Waals surface area contributed by atoms with Gasteiger partial charge in [-0.25, -0.2) is 0 Å². The lowest BCUT2D eigenvalue weighted by Gasteiger charge is -2.28. The molecule has 81 valence electrons. The van der Waals surface area contributed by atoms with Crippen LogP contribution >= 0.6 is 0 Å². The third-order valence-corrected chi connectivity index (χ3v) is 3.92. The molecule has 0 spiro atoms. The minimum absolute atomic E-state index is 0.779. The molecule has 0 saturated heterocycles. The smallest absolute Gasteiger partial charge is 0.0159 e. The minimum atomic E-state index is 0.779. The molecule has 1 aromatic rings. The number of benzene rings is 1. The Morgan fingerprint density at radius 2 is 1.80 bits per heavy atom. The van der Waals surface area contributed by atoms with Crippen LogP contribution in [0.4, 0.5) is 0 Å². The van der Waals surface area contributed by atoms with Gasteiger partial charge in [-0.05, 0) is 55.6 Å². The van der Waals surface area contributed by atoms with Crippen LogP contribution in [0, 0.1) is 12.8 Å². The average Bonchev–Trinajstić information content (AvgIpc) is 2.30. The Labute approximate surface area is 93.7 Å². The normalized spacial score (nSPS) is 26.5. The van der Waals surface area contributed by atoms with Gasteiger partial charge in [0.05, 0.1) is 0 Å². The van der Waals surface area contributed by atoms with Gasteiger partial charge in [0.15, 0.2) is 0 Å². The molecule has 1 radical (unpaired) electrons. The van der Waals surface area contributed by atoms with Crippen LogP contribution in [0.3, 0.4) is 0 Å². The zero-order chi connectivity index (χ0) is 10.7. The van der Waals surface area contributed by atoms with Gasteiger partial charge in [0.1, 0.15) is 0 Å². The summed E-state index contributed by atoms with van der Waals surface area (Å²) in [5.74, 6) is 1.76. The molecule has 1 aliphatic carbocycles. The molecule has 0 heterocycles. The van der Waals surface area contributed by atoms with Crippen molar-refractivity contribution in [2.75, 3.05) is 0 Å². The first kappa shape index (κ1) is 10.7. The highest BCUT2D eigenvalue weighted by Gasteiger charge is 2.21. The van der Waals surface area contributed by atoms with Gasteiger partial charge < -0.3 is 0 Å². The molecule has 0 aliphatic heterocycles. The molecule has 1 fully saturated rings. The van der Waals surface area contributed by atoms with Crippen LogP contribution in [-0.4, -0.2) is 0 Å². The van der Waals surface area contributed by atoms with Crippen molar-refractivity contribution >= 4 is 0 Å². The van der Waals surface area contributed by atoms with Crippen LogP contribution in [0.1, 0.15) is 56.1 Å². The summed E-state index contributed by atoms with van der Waals surface area (Å²) in [5, 5.41) is 0. The van der Waals surface area contributed by atoms with E-state index in [9.17, 15) is 0 Å². The van der Waals surface area contributed by atoms with Gasteiger partial charge in [0, 0.05) is 0 Å². The lowest BCUT2D eigenvalue weighted by molar-refractivity contribution is 0.318. The SMILES string of the molecule is [CH2]c1ccccc1C1CCC(CC)CC1. The summed E-state index contributed by atoms with van der Waals surface area (Å²) in [7, 11) is 0. The molecular weight excluding hydrogens is 180 g/mol. The molecule has 0 unspecified atom stereocenters. The van der Waals surface area contributed by atoms with Crippen molar-refractivity contribution in [3.05, 3.63) is 42.3 Å². The van der Waals surface area contributed by atoms with Crippen molar-refractivity contribution < 1.29 is 0 Å². The summed E-state index contributed by atoms with van der Waals surface area (Å²) < 4.78 is 0.